The van der Waals surface area contributed by atoms with E-state index in [0.29, 0.717) is 5.56 Å². The summed E-state index contributed by atoms with van der Waals surface area (Å²) in [6.07, 6.45) is 0. The van der Waals surface area contributed by atoms with Gasteiger partial charge in [0.05, 0.1) is 11.6 Å². The molecule has 0 aliphatic carbocycles. The second-order valence-corrected chi connectivity index (χ2v) is 6.60. The van der Waals surface area contributed by atoms with Gasteiger partial charge in [0.15, 0.2) is 11.6 Å². The van der Waals surface area contributed by atoms with Crippen molar-refractivity contribution in [2.24, 2.45) is 0 Å². The molecule has 1 heterocycles. The van der Waals surface area contributed by atoms with E-state index < -0.39 is 29.6 Å². The van der Waals surface area contributed by atoms with Crippen molar-refractivity contribution in [3.63, 3.8) is 0 Å². The van der Waals surface area contributed by atoms with E-state index in [1.165, 1.54) is 13.0 Å². The number of anilines is 1. The van der Waals surface area contributed by atoms with Crippen LogP contribution in [-0.4, -0.2) is 11.9 Å². The van der Waals surface area contributed by atoms with Gasteiger partial charge in [-0.2, -0.15) is 0 Å². The maximum atomic E-state index is 13.4. The fourth-order valence-corrected chi connectivity index (χ4v) is 3.39. The third kappa shape index (κ3) is 3.89. The number of carbonyl (C=O) groups is 2. The lowest BCUT2D eigenvalue weighted by atomic mass is 9.94. The lowest BCUT2D eigenvalue weighted by Gasteiger charge is -2.29. The molecule has 0 spiro atoms. The fraction of sp³-hybridized carbons (Fsp3) is 0.111. The van der Waals surface area contributed by atoms with Crippen molar-refractivity contribution < 1.29 is 18.4 Å². The molecule has 3 N–H and O–H groups in total. The van der Waals surface area contributed by atoms with Crippen LogP contribution < -0.4 is 16.0 Å². The minimum atomic E-state index is -1.10. The first kappa shape index (κ1) is 19.1. The maximum absolute atomic E-state index is 13.4. The zero-order valence-corrected chi connectivity index (χ0v) is 15.4. The lowest BCUT2D eigenvalue weighted by Crippen LogP contribution is -2.46. The maximum Gasteiger partial charge on any atom is 0.319 e. The van der Waals surface area contributed by atoms with Gasteiger partial charge in [-0.25, -0.2) is 13.6 Å². The summed E-state index contributed by atoms with van der Waals surface area (Å²) in [5.74, 6) is -2.76. The minimum Gasteiger partial charge on any atom is -0.327 e. The molecule has 140 valence electrons. The summed E-state index contributed by atoms with van der Waals surface area (Å²) in [4.78, 5) is 24.7. The number of allylic oxidation sites excluding steroid dienone is 1. The molecule has 2 aromatic rings. The summed E-state index contributed by atoms with van der Waals surface area (Å²) >= 11 is 12.4. The average Bonchev–Trinajstić information content (AvgIpc) is 2.57. The molecule has 0 radical (unpaired) electrons. The Morgan fingerprint density at radius 3 is 2.41 bits per heavy atom. The summed E-state index contributed by atoms with van der Waals surface area (Å²) in [6, 6.07) is 6.31. The molecular weight excluding hydrogens is 399 g/mol. The number of amides is 3. The monoisotopic (exact) mass is 411 g/mol. The van der Waals surface area contributed by atoms with Crippen molar-refractivity contribution >= 4 is 40.8 Å². The normalized spacial score (nSPS) is 16.6. The molecule has 5 nitrogen and oxygen atoms in total. The van der Waals surface area contributed by atoms with Gasteiger partial charge in [0.2, 0.25) is 0 Å². The van der Waals surface area contributed by atoms with Crippen LogP contribution in [0.2, 0.25) is 10.0 Å². The van der Waals surface area contributed by atoms with Gasteiger partial charge >= 0.3 is 6.03 Å². The van der Waals surface area contributed by atoms with Gasteiger partial charge in [0.1, 0.15) is 0 Å². The Hall–Kier alpha value is -2.64. The molecule has 1 atom stereocenters. The van der Waals surface area contributed by atoms with Crippen LogP contribution in [0.25, 0.3) is 0 Å². The number of benzene rings is 2. The number of halogens is 4. The lowest BCUT2D eigenvalue weighted by molar-refractivity contribution is -0.113. The van der Waals surface area contributed by atoms with Crippen molar-refractivity contribution in [1.82, 2.24) is 10.6 Å². The second kappa shape index (κ2) is 7.54. The van der Waals surface area contributed by atoms with Gasteiger partial charge in [-0.05, 0) is 31.2 Å². The predicted octanol–water partition coefficient (Wildman–Crippen LogP) is 4.54. The third-order valence-electron chi connectivity index (χ3n) is 3.98. The zero-order valence-electron chi connectivity index (χ0n) is 13.9. The van der Waals surface area contributed by atoms with Gasteiger partial charge in [0.25, 0.3) is 5.91 Å². The Morgan fingerprint density at radius 2 is 1.78 bits per heavy atom. The van der Waals surface area contributed by atoms with Crippen molar-refractivity contribution in [3.8, 4) is 0 Å². The summed E-state index contributed by atoms with van der Waals surface area (Å²) in [7, 11) is 0. The van der Waals surface area contributed by atoms with Crippen LogP contribution in [0.4, 0.5) is 19.3 Å². The van der Waals surface area contributed by atoms with Crippen molar-refractivity contribution in [2.75, 3.05) is 5.32 Å². The first-order valence-electron chi connectivity index (χ1n) is 7.76. The van der Waals surface area contributed by atoms with E-state index in [1.54, 1.807) is 18.2 Å². The number of rotatable bonds is 3. The zero-order chi connectivity index (χ0) is 19.7. The standard InChI is InChI=1S/C18H13Cl2F2N3O2/c1-8-14(17(26)24-9-5-6-12(21)13(22)7-9)16(25-18(27)23-8)15-10(19)3-2-4-11(15)20/h2-7,16H,1H3,(H,24,26)(H2,23,25,27)/t16-/m0/s1. The van der Waals surface area contributed by atoms with Crippen LogP contribution in [0.5, 0.6) is 0 Å². The van der Waals surface area contributed by atoms with Gasteiger partial charge < -0.3 is 16.0 Å². The van der Waals surface area contributed by atoms with Gasteiger partial charge in [-0.3, -0.25) is 4.79 Å². The van der Waals surface area contributed by atoms with Crippen LogP contribution in [0.3, 0.4) is 0 Å². The van der Waals surface area contributed by atoms with E-state index in [1.807, 2.05) is 0 Å². The summed E-state index contributed by atoms with van der Waals surface area (Å²) < 4.78 is 26.5. The molecule has 0 unspecified atom stereocenters. The molecule has 0 saturated heterocycles. The fourth-order valence-electron chi connectivity index (χ4n) is 2.77. The van der Waals surface area contributed by atoms with E-state index >= 15 is 0 Å². The highest BCUT2D eigenvalue weighted by atomic mass is 35.5. The van der Waals surface area contributed by atoms with Gasteiger partial charge in [-0.15, -0.1) is 0 Å². The third-order valence-corrected chi connectivity index (χ3v) is 4.64. The van der Waals surface area contributed by atoms with Crippen LogP contribution in [0.1, 0.15) is 18.5 Å². The highest BCUT2D eigenvalue weighted by Gasteiger charge is 2.33. The van der Waals surface area contributed by atoms with Crippen molar-refractivity contribution in [1.29, 1.82) is 0 Å². The van der Waals surface area contributed by atoms with E-state index in [9.17, 15) is 18.4 Å². The summed E-state index contributed by atoms with van der Waals surface area (Å²) in [5, 5.41) is 8.13. The van der Waals surface area contributed by atoms with Crippen molar-refractivity contribution in [2.45, 2.75) is 13.0 Å². The topological polar surface area (TPSA) is 70.2 Å². The number of hydrogen-bond donors (Lipinski definition) is 3. The number of nitrogens with one attached hydrogen (secondary N) is 3. The number of hydrogen-bond acceptors (Lipinski definition) is 2. The molecule has 0 fully saturated rings. The largest absolute Gasteiger partial charge is 0.327 e. The Balaban J connectivity index is 2.01. The van der Waals surface area contributed by atoms with Crippen LogP contribution in [0, 0.1) is 11.6 Å². The first-order chi connectivity index (χ1) is 12.8. The average molecular weight is 412 g/mol. The first-order valence-corrected chi connectivity index (χ1v) is 8.52. The molecule has 1 aliphatic rings. The molecule has 9 heteroatoms. The molecule has 1 aliphatic heterocycles. The summed E-state index contributed by atoms with van der Waals surface area (Å²) in [6.45, 7) is 1.54. The second-order valence-electron chi connectivity index (χ2n) is 5.79. The van der Waals surface area contributed by atoms with Crippen molar-refractivity contribution in [3.05, 3.63) is 74.9 Å². The van der Waals surface area contributed by atoms with E-state index in [0.717, 1.165) is 12.1 Å². The number of carbonyl (C=O) groups excluding carboxylic acids is 2. The molecule has 0 aromatic heterocycles. The Morgan fingerprint density at radius 1 is 1.11 bits per heavy atom. The smallest absolute Gasteiger partial charge is 0.319 e. The van der Waals surface area contributed by atoms with Crippen LogP contribution >= 0.6 is 23.2 Å². The SMILES string of the molecule is CC1=C(C(=O)Nc2ccc(F)c(F)c2)[C@@H](c2c(Cl)cccc2Cl)NC(=O)N1. The van der Waals surface area contributed by atoms with E-state index in [2.05, 4.69) is 16.0 Å². The molecule has 0 saturated carbocycles. The Labute approximate surface area is 163 Å². The molecular formula is C18H13Cl2F2N3O2. The van der Waals surface area contributed by atoms with Crippen LogP contribution in [0.15, 0.2) is 47.7 Å². The highest BCUT2D eigenvalue weighted by molar-refractivity contribution is 6.36. The van der Waals surface area contributed by atoms with E-state index in [4.69, 9.17) is 23.2 Å². The Kier molecular flexibility index (Phi) is 5.34. The Bertz CT molecular complexity index is 959. The molecule has 27 heavy (non-hydrogen) atoms. The quantitative estimate of drug-likeness (QED) is 0.693. The molecule has 2 aromatic carbocycles. The van der Waals surface area contributed by atoms with Crippen LogP contribution in [-0.2, 0) is 4.79 Å². The number of urea groups is 1. The minimum absolute atomic E-state index is 0.0557. The molecule has 0 bridgehead atoms. The molecule has 3 rings (SSSR count). The van der Waals surface area contributed by atoms with Gasteiger partial charge in [0, 0.05) is 33.1 Å². The molecule has 3 amide bonds. The predicted molar refractivity (Wildman–Crippen MR) is 98.6 cm³/mol. The summed E-state index contributed by atoms with van der Waals surface area (Å²) in [5.41, 5.74) is 0.819. The van der Waals surface area contributed by atoms with E-state index in [-0.39, 0.29) is 27.0 Å². The highest BCUT2D eigenvalue weighted by Crippen LogP contribution is 2.36. The van der Waals surface area contributed by atoms with Gasteiger partial charge in [-0.1, -0.05) is 29.3 Å².